The quantitative estimate of drug-likeness (QED) is 0.559. The Labute approximate surface area is 201 Å². The van der Waals surface area contributed by atoms with E-state index in [9.17, 15) is 13.2 Å². The van der Waals surface area contributed by atoms with Gasteiger partial charge in [-0.3, -0.25) is 9.52 Å². The van der Waals surface area contributed by atoms with Crippen molar-refractivity contribution in [2.75, 3.05) is 35.8 Å². The third kappa shape index (κ3) is 5.36. The minimum absolute atomic E-state index is 0.200. The number of hydrogen-bond acceptors (Lipinski definition) is 6. The third-order valence-corrected chi connectivity index (χ3v) is 8.36. The topological polar surface area (TPSA) is 103 Å². The van der Waals surface area contributed by atoms with Crippen LogP contribution in [0.4, 0.5) is 11.5 Å². The van der Waals surface area contributed by atoms with Crippen LogP contribution in [0.5, 0.6) is 0 Å². The Balaban J connectivity index is 1.36. The molecule has 1 aromatic carbocycles. The monoisotopic (exact) mass is 483 g/mol. The Kier molecular flexibility index (Phi) is 6.74. The first-order valence-electron chi connectivity index (χ1n) is 12.4. The number of amides is 1. The van der Waals surface area contributed by atoms with Crippen LogP contribution in [-0.2, 0) is 10.0 Å². The second kappa shape index (κ2) is 9.92. The van der Waals surface area contributed by atoms with Gasteiger partial charge in [-0.15, -0.1) is 0 Å². The summed E-state index contributed by atoms with van der Waals surface area (Å²) in [5.74, 6) is 0.911. The Morgan fingerprint density at radius 3 is 2.38 bits per heavy atom. The first-order chi connectivity index (χ1) is 16.5. The summed E-state index contributed by atoms with van der Waals surface area (Å²) in [6.07, 6.45) is 9.55. The van der Waals surface area contributed by atoms with Crippen LogP contribution in [0.25, 0.3) is 0 Å². The van der Waals surface area contributed by atoms with Crippen molar-refractivity contribution in [3.05, 3.63) is 47.7 Å². The summed E-state index contributed by atoms with van der Waals surface area (Å²) in [5, 5.41) is 6.31. The van der Waals surface area contributed by atoms with Crippen molar-refractivity contribution < 1.29 is 13.2 Å². The smallest absolute Gasteiger partial charge is 0.261 e. The average molecular weight is 484 g/mol. The van der Waals surface area contributed by atoms with Gasteiger partial charge in [0.25, 0.3) is 15.9 Å². The predicted molar refractivity (Wildman–Crippen MR) is 133 cm³/mol. The van der Waals surface area contributed by atoms with Crippen molar-refractivity contribution in [2.24, 2.45) is 0 Å². The molecule has 182 valence electrons. The highest BCUT2D eigenvalue weighted by Gasteiger charge is 2.28. The number of pyridine rings is 1. The summed E-state index contributed by atoms with van der Waals surface area (Å²) >= 11 is 0. The molecule has 1 saturated heterocycles. The molecule has 2 saturated carbocycles. The molecule has 9 heteroatoms. The number of hydrogen-bond donors (Lipinski definition) is 3. The van der Waals surface area contributed by atoms with Crippen LogP contribution < -0.4 is 20.3 Å². The van der Waals surface area contributed by atoms with Crippen LogP contribution >= 0.6 is 0 Å². The summed E-state index contributed by atoms with van der Waals surface area (Å²) in [4.78, 5) is 19.8. The van der Waals surface area contributed by atoms with E-state index in [4.69, 9.17) is 0 Å². The minimum Gasteiger partial charge on any atom is -0.353 e. The van der Waals surface area contributed by atoms with E-state index in [0.717, 1.165) is 39.0 Å². The molecule has 2 heterocycles. The highest BCUT2D eigenvalue weighted by Crippen LogP contribution is 2.33. The molecule has 0 atom stereocenters. The van der Waals surface area contributed by atoms with Crippen LogP contribution in [0.3, 0.4) is 0 Å². The molecule has 0 spiro atoms. The first-order valence-corrected chi connectivity index (χ1v) is 13.9. The molecule has 5 rings (SSSR count). The molecular weight excluding hydrogens is 450 g/mol. The maximum Gasteiger partial charge on any atom is 0.261 e. The van der Waals surface area contributed by atoms with Crippen LogP contribution in [0.1, 0.15) is 66.8 Å². The fraction of sp³-hybridized carbons (Fsp3) is 0.520. The zero-order valence-electron chi connectivity index (χ0n) is 19.4. The van der Waals surface area contributed by atoms with Crippen LogP contribution in [0.15, 0.2) is 41.4 Å². The molecule has 3 N–H and O–H groups in total. The van der Waals surface area contributed by atoms with Crippen LogP contribution in [-0.4, -0.2) is 51.5 Å². The van der Waals surface area contributed by atoms with Gasteiger partial charge in [-0.2, -0.15) is 0 Å². The molecule has 8 nitrogen and oxygen atoms in total. The fourth-order valence-electron chi connectivity index (χ4n) is 4.87. The average Bonchev–Trinajstić information content (AvgIpc) is 3.69. The molecule has 0 unspecified atom stereocenters. The van der Waals surface area contributed by atoms with Crippen molar-refractivity contribution >= 4 is 27.4 Å². The predicted octanol–water partition coefficient (Wildman–Crippen LogP) is 3.23. The summed E-state index contributed by atoms with van der Waals surface area (Å²) in [7, 11) is -3.80. The Morgan fingerprint density at radius 2 is 1.71 bits per heavy atom. The van der Waals surface area contributed by atoms with Gasteiger partial charge in [0.05, 0.1) is 22.3 Å². The molecular formula is C25H33N5O3S. The zero-order valence-corrected chi connectivity index (χ0v) is 20.2. The summed E-state index contributed by atoms with van der Waals surface area (Å²) in [6, 6.07) is 9.03. The van der Waals surface area contributed by atoms with Gasteiger partial charge < -0.3 is 15.5 Å². The molecule has 2 aliphatic carbocycles. The molecule has 3 fully saturated rings. The standard InChI is InChI=1S/C25H33N5O3S/c31-25(28-20-8-9-20)23-16-21(17-27-24(23)30-14-12-26-13-15-30)29-34(32,33)22-10-6-19(7-11-22)18-4-2-1-3-5-18/h6-7,10-11,16-18,20,26,29H,1-5,8-9,12-15H2,(H,28,31). The van der Waals surface area contributed by atoms with Gasteiger partial charge in [-0.1, -0.05) is 31.4 Å². The van der Waals surface area contributed by atoms with E-state index in [2.05, 4.69) is 25.2 Å². The van der Waals surface area contributed by atoms with Crippen LogP contribution in [0.2, 0.25) is 0 Å². The van der Waals surface area contributed by atoms with E-state index in [0.29, 0.717) is 17.3 Å². The Bertz CT molecular complexity index is 1120. The highest BCUT2D eigenvalue weighted by molar-refractivity contribution is 7.92. The number of nitrogens with one attached hydrogen (secondary N) is 3. The summed E-state index contributed by atoms with van der Waals surface area (Å²) < 4.78 is 28.8. The molecule has 1 aromatic heterocycles. The molecule has 0 bridgehead atoms. The molecule has 1 aliphatic heterocycles. The number of aromatic nitrogens is 1. The second-order valence-corrected chi connectivity index (χ2v) is 11.3. The number of rotatable bonds is 7. The van der Waals surface area contributed by atoms with Crippen LogP contribution in [0, 0.1) is 0 Å². The molecule has 3 aliphatic rings. The normalized spacial score (nSPS) is 19.6. The van der Waals surface area contributed by atoms with Gasteiger partial charge >= 0.3 is 0 Å². The van der Waals surface area contributed by atoms with Crippen molar-refractivity contribution in [1.82, 2.24) is 15.6 Å². The minimum atomic E-state index is -3.80. The third-order valence-electron chi connectivity index (χ3n) is 6.96. The number of sulfonamides is 1. The number of carbonyl (C=O) groups excluding carboxylic acids is 1. The highest BCUT2D eigenvalue weighted by atomic mass is 32.2. The maximum atomic E-state index is 13.1. The second-order valence-electron chi connectivity index (χ2n) is 9.59. The zero-order chi connectivity index (χ0) is 23.5. The summed E-state index contributed by atoms with van der Waals surface area (Å²) in [6.45, 7) is 3.12. The Morgan fingerprint density at radius 1 is 1.00 bits per heavy atom. The van der Waals surface area contributed by atoms with Gasteiger partial charge in [0.1, 0.15) is 5.82 Å². The van der Waals surface area contributed by atoms with Gasteiger partial charge in [0.2, 0.25) is 0 Å². The van der Waals surface area contributed by atoms with E-state index < -0.39 is 10.0 Å². The van der Waals surface area contributed by atoms with Gasteiger partial charge in [-0.25, -0.2) is 13.4 Å². The molecule has 2 aromatic rings. The van der Waals surface area contributed by atoms with Gasteiger partial charge in [0.15, 0.2) is 0 Å². The lowest BCUT2D eigenvalue weighted by atomic mass is 9.84. The van der Waals surface area contributed by atoms with E-state index >= 15 is 0 Å². The lowest BCUT2D eigenvalue weighted by Gasteiger charge is -2.30. The maximum absolute atomic E-state index is 13.1. The van der Waals surface area contributed by atoms with E-state index in [1.807, 2.05) is 12.1 Å². The van der Waals surface area contributed by atoms with E-state index in [1.165, 1.54) is 43.9 Å². The van der Waals surface area contributed by atoms with Crippen molar-refractivity contribution in [3.63, 3.8) is 0 Å². The number of benzene rings is 1. The number of anilines is 2. The molecule has 34 heavy (non-hydrogen) atoms. The van der Waals surface area contributed by atoms with Crippen molar-refractivity contribution in [3.8, 4) is 0 Å². The number of nitrogens with zero attached hydrogens (tertiary/aromatic N) is 2. The van der Waals surface area contributed by atoms with Crippen molar-refractivity contribution in [1.29, 1.82) is 0 Å². The Hall–Kier alpha value is -2.65. The molecule has 0 radical (unpaired) electrons. The van der Waals surface area contributed by atoms with Gasteiger partial charge in [0, 0.05) is 32.2 Å². The summed E-state index contributed by atoms with van der Waals surface area (Å²) in [5.41, 5.74) is 1.90. The number of piperazine rings is 1. The first kappa shape index (κ1) is 23.1. The SMILES string of the molecule is O=C(NC1CC1)c1cc(NS(=O)(=O)c2ccc(C3CCCCC3)cc2)cnc1N1CCNCC1. The largest absolute Gasteiger partial charge is 0.353 e. The van der Waals surface area contributed by atoms with Crippen molar-refractivity contribution in [2.45, 2.75) is 61.8 Å². The van der Waals surface area contributed by atoms with Gasteiger partial charge in [-0.05, 0) is 55.4 Å². The van der Waals surface area contributed by atoms with E-state index in [-0.39, 0.29) is 22.5 Å². The van der Waals surface area contributed by atoms with E-state index in [1.54, 1.807) is 18.2 Å². The number of carbonyl (C=O) groups is 1. The molecule has 1 amide bonds. The fourth-order valence-corrected chi connectivity index (χ4v) is 5.90. The lowest BCUT2D eigenvalue weighted by molar-refractivity contribution is 0.0951. The lowest BCUT2D eigenvalue weighted by Crippen LogP contribution is -2.44.